The second-order valence-electron chi connectivity index (χ2n) is 14.0. The zero-order valence-electron chi connectivity index (χ0n) is 32.0. The fourth-order valence-corrected chi connectivity index (χ4v) is 9.13. The number of hydrogen-bond acceptors (Lipinski definition) is 12. The van der Waals surface area contributed by atoms with E-state index in [9.17, 15) is 39.6 Å². The SMILES string of the molecule is CC1=C(CCC(=O)O)C2=CC3=NC(=CC4=NC(=CC5=NC(=CC1=N2)C(C(C)SCC(N)C(=O)O)=C5C)C(C(C)SCC(N)C(=O)O)=C4C)C(C)=C3CCC(=O)O. The number of thioether (sulfide) groups is 2. The van der Waals surface area contributed by atoms with Crippen molar-refractivity contribution in [3.05, 3.63) is 91.7 Å². The minimum atomic E-state index is -1.10. The van der Waals surface area contributed by atoms with Crippen LogP contribution in [0.3, 0.4) is 0 Å². The molecule has 16 heteroatoms. The predicted molar refractivity (Wildman–Crippen MR) is 222 cm³/mol. The van der Waals surface area contributed by atoms with Crippen LogP contribution in [0.2, 0.25) is 0 Å². The third-order valence-corrected chi connectivity index (χ3v) is 12.7. The molecule has 0 aromatic carbocycles. The molecule has 0 aliphatic carbocycles. The zero-order valence-corrected chi connectivity index (χ0v) is 33.7. The summed E-state index contributed by atoms with van der Waals surface area (Å²) in [7, 11) is 0. The standard InChI is InChI=1S/C40H46N6O8S2/c1-17-23(7-9-35(47)48)31-14-32-24(8-10-36(49)50)18(2)28(44-32)12-33-38(22(6)56-16-26(42)40(53)54)20(4)30(46-33)13-34-37(21(5)55-15-25(41)39(51)52)19(3)29(45-34)11-27(17)43-31/h11-14,21-22,25-26H,7-10,15-16,41-42H2,1-6H3,(H,47,48)(H,49,50)(H,51,52)(H,53,54). The number of aliphatic carboxylic acids is 4. The van der Waals surface area contributed by atoms with Gasteiger partial charge in [0.15, 0.2) is 0 Å². The number of rotatable bonds is 16. The third-order valence-electron chi connectivity index (χ3n) is 10.2. The van der Waals surface area contributed by atoms with Crippen molar-refractivity contribution in [1.82, 2.24) is 0 Å². The number of hydrogen-bond donors (Lipinski definition) is 6. The molecule has 0 saturated heterocycles. The van der Waals surface area contributed by atoms with Crippen LogP contribution in [0, 0.1) is 0 Å². The highest BCUT2D eigenvalue weighted by Crippen LogP contribution is 2.41. The van der Waals surface area contributed by atoms with E-state index in [0.717, 1.165) is 44.6 Å². The summed E-state index contributed by atoms with van der Waals surface area (Å²) in [6.07, 6.45) is 7.54. The maximum Gasteiger partial charge on any atom is 0.321 e. The predicted octanol–water partition coefficient (Wildman–Crippen LogP) is 5.42. The Morgan fingerprint density at radius 3 is 1.38 bits per heavy atom. The molecular formula is C40H46N6O8S2. The average molecular weight is 803 g/mol. The monoisotopic (exact) mass is 802 g/mol. The molecule has 0 amide bonds. The van der Waals surface area contributed by atoms with E-state index in [-0.39, 0.29) is 47.7 Å². The molecule has 4 atom stereocenters. The number of aliphatic imine (C=N–C) groups is 4. The van der Waals surface area contributed by atoms with E-state index in [1.54, 1.807) is 6.08 Å². The van der Waals surface area contributed by atoms with Crippen LogP contribution < -0.4 is 11.5 Å². The molecule has 5 heterocycles. The summed E-state index contributed by atoms with van der Waals surface area (Å²) < 4.78 is 0. The summed E-state index contributed by atoms with van der Waals surface area (Å²) in [5.41, 5.74) is 22.9. The minimum absolute atomic E-state index is 0.129. The van der Waals surface area contributed by atoms with Gasteiger partial charge in [-0.25, -0.2) is 20.0 Å². The van der Waals surface area contributed by atoms with Crippen LogP contribution in [-0.2, 0) is 19.2 Å². The third kappa shape index (κ3) is 9.20. The lowest BCUT2D eigenvalue weighted by Crippen LogP contribution is -2.33. The molecule has 296 valence electrons. The van der Waals surface area contributed by atoms with Gasteiger partial charge in [-0.3, -0.25) is 19.2 Å². The molecule has 8 bridgehead atoms. The quantitative estimate of drug-likeness (QED) is 0.115. The Hall–Kier alpha value is -4.90. The molecule has 56 heavy (non-hydrogen) atoms. The number of nitrogens with zero attached hydrogens (tertiary/aromatic N) is 4. The first-order valence-electron chi connectivity index (χ1n) is 18.1. The van der Waals surface area contributed by atoms with Crippen LogP contribution in [0.4, 0.5) is 0 Å². The maximum absolute atomic E-state index is 11.8. The molecule has 0 fully saturated rings. The average Bonchev–Trinajstić information content (AvgIpc) is 3.80. The molecule has 5 aliphatic heterocycles. The first kappa shape index (κ1) is 42.2. The van der Waals surface area contributed by atoms with Crippen molar-refractivity contribution in [2.24, 2.45) is 31.4 Å². The lowest BCUT2D eigenvalue weighted by molar-refractivity contribution is -0.138. The highest BCUT2D eigenvalue weighted by Gasteiger charge is 2.32. The van der Waals surface area contributed by atoms with Gasteiger partial charge in [-0.05, 0) is 123 Å². The second-order valence-corrected chi connectivity index (χ2v) is 16.8. The van der Waals surface area contributed by atoms with Crippen molar-refractivity contribution >= 4 is 70.2 Å². The number of allylic oxidation sites excluding steroid dienone is 12. The molecule has 0 spiro atoms. The summed E-state index contributed by atoms with van der Waals surface area (Å²) in [5.74, 6) is -3.79. The Balaban J connectivity index is 1.75. The molecule has 4 unspecified atom stereocenters. The number of fused-ring (bicyclic) bond motifs is 4. The van der Waals surface area contributed by atoms with Gasteiger partial charge in [-0.1, -0.05) is 0 Å². The summed E-state index contributed by atoms with van der Waals surface area (Å²) in [4.78, 5) is 66.8. The molecule has 0 aromatic heterocycles. The molecule has 0 aromatic rings. The van der Waals surface area contributed by atoms with Crippen molar-refractivity contribution in [1.29, 1.82) is 0 Å². The zero-order chi connectivity index (χ0) is 41.2. The smallest absolute Gasteiger partial charge is 0.321 e. The molecule has 5 rings (SSSR count). The van der Waals surface area contributed by atoms with Crippen LogP contribution in [0.5, 0.6) is 0 Å². The number of nitrogens with two attached hydrogens (primary N) is 2. The Morgan fingerprint density at radius 1 is 0.554 bits per heavy atom. The van der Waals surface area contributed by atoms with E-state index in [1.807, 2.05) is 59.8 Å². The Labute approximate surface area is 333 Å². The van der Waals surface area contributed by atoms with Crippen LogP contribution in [0.25, 0.3) is 0 Å². The van der Waals surface area contributed by atoms with Crippen molar-refractivity contribution in [2.45, 2.75) is 89.8 Å². The van der Waals surface area contributed by atoms with Crippen molar-refractivity contribution in [3.63, 3.8) is 0 Å². The number of carboxylic acid groups (broad SMARTS) is 4. The lowest BCUT2D eigenvalue weighted by Gasteiger charge is -2.17. The van der Waals surface area contributed by atoms with Gasteiger partial charge < -0.3 is 31.9 Å². The van der Waals surface area contributed by atoms with Gasteiger partial charge in [0.1, 0.15) is 12.1 Å². The summed E-state index contributed by atoms with van der Waals surface area (Å²) in [6, 6.07) is -2.12. The summed E-state index contributed by atoms with van der Waals surface area (Å²) in [5, 5.41) is 37.7. The van der Waals surface area contributed by atoms with Gasteiger partial charge in [0.05, 0.1) is 45.6 Å². The van der Waals surface area contributed by atoms with E-state index in [2.05, 4.69) is 0 Å². The van der Waals surface area contributed by atoms with Gasteiger partial charge >= 0.3 is 23.9 Å². The summed E-state index contributed by atoms with van der Waals surface area (Å²) in [6.45, 7) is 11.6. The van der Waals surface area contributed by atoms with Crippen LogP contribution in [-0.4, -0.2) is 101 Å². The normalized spacial score (nSPS) is 20.1. The van der Waals surface area contributed by atoms with Crippen LogP contribution >= 0.6 is 23.5 Å². The van der Waals surface area contributed by atoms with Crippen molar-refractivity contribution in [2.75, 3.05) is 11.5 Å². The Bertz CT molecular complexity index is 2180. The summed E-state index contributed by atoms with van der Waals surface area (Å²) >= 11 is 2.79. The van der Waals surface area contributed by atoms with Crippen LogP contribution in [0.15, 0.2) is 112 Å². The molecule has 8 N–H and O–H groups in total. The molecular weight excluding hydrogens is 757 g/mol. The van der Waals surface area contributed by atoms with E-state index < -0.39 is 36.0 Å². The largest absolute Gasteiger partial charge is 0.481 e. The maximum atomic E-state index is 11.8. The van der Waals surface area contributed by atoms with Gasteiger partial charge in [0.2, 0.25) is 0 Å². The Kier molecular flexibility index (Phi) is 13.2. The van der Waals surface area contributed by atoms with E-state index in [0.29, 0.717) is 45.6 Å². The van der Waals surface area contributed by atoms with Gasteiger partial charge in [-0.15, -0.1) is 0 Å². The first-order chi connectivity index (χ1) is 26.4. The molecule has 0 radical (unpaired) electrons. The minimum Gasteiger partial charge on any atom is -0.481 e. The lowest BCUT2D eigenvalue weighted by atomic mass is 9.96. The highest BCUT2D eigenvalue weighted by molar-refractivity contribution is 8.00. The van der Waals surface area contributed by atoms with Crippen molar-refractivity contribution < 1.29 is 39.6 Å². The van der Waals surface area contributed by atoms with Gasteiger partial charge in [0.25, 0.3) is 0 Å². The van der Waals surface area contributed by atoms with E-state index in [1.165, 1.54) is 23.5 Å². The van der Waals surface area contributed by atoms with Crippen molar-refractivity contribution in [3.8, 4) is 0 Å². The van der Waals surface area contributed by atoms with Gasteiger partial charge in [0, 0.05) is 34.8 Å². The fourth-order valence-electron chi connectivity index (χ4n) is 6.93. The van der Waals surface area contributed by atoms with Crippen LogP contribution in [0.1, 0.15) is 67.2 Å². The van der Waals surface area contributed by atoms with E-state index in [4.69, 9.17) is 31.4 Å². The molecule has 0 saturated carbocycles. The number of carbonyl (C=O) groups is 4. The Morgan fingerprint density at radius 2 is 0.929 bits per heavy atom. The fraction of sp³-hybridized carbons (Fsp3) is 0.400. The first-order valence-corrected chi connectivity index (χ1v) is 20.2. The molecule has 5 aliphatic rings. The van der Waals surface area contributed by atoms with Gasteiger partial charge in [-0.2, -0.15) is 23.5 Å². The topological polar surface area (TPSA) is 251 Å². The number of carboxylic acids is 4. The van der Waals surface area contributed by atoms with E-state index >= 15 is 0 Å². The highest BCUT2D eigenvalue weighted by atomic mass is 32.2. The second kappa shape index (κ2) is 17.5. The molecule has 14 nitrogen and oxygen atoms in total.